The zero-order valence-electron chi connectivity index (χ0n) is 15.5. The number of aromatic nitrogens is 2. The fourth-order valence-corrected chi connectivity index (χ4v) is 2.82. The number of nitrogens with one attached hydrogen (secondary N) is 1. The first-order valence-corrected chi connectivity index (χ1v) is 8.74. The van der Waals surface area contributed by atoms with Gasteiger partial charge in [-0.15, -0.1) is 0 Å². The molecule has 0 spiro atoms. The molecule has 0 atom stereocenters. The van der Waals surface area contributed by atoms with Crippen LogP contribution in [-0.2, 0) is 0 Å². The molecule has 8 heteroatoms. The Morgan fingerprint density at radius 2 is 1.96 bits per heavy atom. The molecule has 0 radical (unpaired) electrons. The maximum absolute atomic E-state index is 12.7. The molecule has 0 saturated heterocycles. The van der Waals surface area contributed by atoms with Crippen molar-refractivity contribution < 1.29 is 14.6 Å². The summed E-state index contributed by atoms with van der Waals surface area (Å²) in [6.07, 6.45) is 0. The molecule has 0 aliphatic carbocycles. The standard InChI is InChI=1S/C20H18ClN3O4/c1-11-5-4-6-13(7-11)24-18(26)10-16(25)19(23-24)20(27)22-15-8-12(2)14(21)9-17(15)28-3/h4-10,25H,1-3H3,(H,22,27). The quantitative estimate of drug-likeness (QED) is 0.700. The highest BCUT2D eigenvalue weighted by atomic mass is 35.5. The molecule has 0 unspecified atom stereocenters. The number of hydrogen-bond acceptors (Lipinski definition) is 5. The number of anilines is 1. The Hall–Kier alpha value is -3.32. The number of aryl methyl sites for hydroxylation is 2. The topological polar surface area (TPSA) is 93.5 Å². The first-order valence-electron chi connectivity index (χ1n) is 8.36. The van der Waals surface area contributed by atoms with Crippen molar-refractivity contribution in [3.05, 3.63) is 74.7 Å². The summed E-state index contributed by atoms with van der Waals surface area (Å²) in [5.74, 6) is -0.856. The highest BCUT2D eigenvalue weighted by molar-refractivity contribution is 6.31. The lowest BCUT2D eigenvalue weighted by Crippen LogP contribution is -2.25. The summed E-state index contributed by atoms with van der Waals surface area (Å²) in [5, 5.41) is 17.3. The van der Waals surface area contributed by atoms with E-state index in [1.54, 1.807) is 37.3 Å². The van der Waals surface area contributed by atoms with E-state index in [2.05, 4.69) is 10.4 Å². The molecule has 0 aliphatic heterocycles. The summed E-state index contributed by atoms with van der Waals surface area (Å²) in [6, 6.07) is 11.3. The van der Waals surface area contributed by atoms with Crippen LogP contribution in [0.3, 0.4) is 0 Å². The lowest BCUT2D eigenvalue weighted by molar-refractivity contribution is 0.101. The predicted molar refractivity (Wildman–Crippen MR) is 107 cm³/mol. The number of methoxy groups -OCH3 is 1. The molecule has 2 aromatic carbocycles. The SMILES string of the molecule is COc1cc(Cl)c(C)cc1NC(=O)c1nn(-c2cccc(C)c2)c(=O)cc1O. The average Bonchev–Trinajstić information content (AvgIpc) is 2.64. The smallest absolute Gasteiger partial charge is 0.280 e. The molecule has 3 rings (SSSR count). The normalized spacial score (nSPS) is 10.6. The van der Waals surface area contributed by atoms with Crippen LogP contribution in [0, 0.1) is 13.8 Å². The summed E-state index contributed by atoms with van der Waals surface area (Å²) >= 11 is 6.08. The van der Waals surface area contributed by atoms with Gasteiger partial charge in [0.05, 0.1) is 18.5 Å². The second-order valence-electron chi connectivity index (χ2n) is 6.22. The third kappa shape index (κ3) is 3.84. The second kappa shape index (κ2) is 7.74. The first-order chi connectivity index (χ1) is 13.3. The van der Waals surface area contributed by atoms with Crippen molar-refractivity contribution in [1.29, 1.82) is 0 Å². The van der Waals surface area contributed by atoms with Gasteiger partial charge in [-0.05, 0) is 43.2 Å². The fraction of sp³-hybridized carbons (Fsp3) is 0.150. The Balaban J connectivity index is 2.02. The maximum atomic E-state index is 12.7. The van der Waals surface area contributed by atoms with Crippen molar-refractivity contribution in [2.24, 2.45) is 0 Å². The van der Waals surface area contributed by atoms with Gasteiger partial charge in [0.15, 0.2) is 11.4 Å². The molecule has 0 aliphatic rings. The third-order valence-electron chi connectivity index (χ3n) is 4.10. The van der Waals surface area contributed by atoms with E-state index in [1.807, 2.05) is 13.0 Å². The molecule has 0 bridgehead atoms. The van der Waals surface area contributed by atoms with Gasteiger partial charge in [-0.3, -0.25) is 9.59 Å². The summed E-state index contributed by atoms with van der Waals surface area (Å²) in [6.45, 7) is 3.66. The summed E-state index contributed by atoms with van der Waals surface area (Å²) in [4.78, 5) is 25.0. The maximum Gasteiger partial charge on any atom is 0.280 e. The van der Waals surface area contributed by atoms with Gasteiger partial charge in [-0.25, -0.2) is 0 Å². The number of ether oxygens (including phenoxy) is 1. The van der Waals surface area contributed by atoms with Crippen LogP contribution >= 0.6 is 11.6 Å². The number of hydrogen-bond donors (Lipinski definition) is 2. The number of nitrogens with zero attached hydrogens (tertiary/aromatic N) is 2. The lowest BCUT2D eigenvalue weighted by atomic mass is 10.2. The van der Waals surface area contributed by atoms with Gasteiger partial charge in [0.2, 0.25) is 0 Å². The largest absolute Gasteiger partial charge is 0.505 e. The Kier molecular flexibility index (Phi) is 5.37. The Bertz CT molecular complexity index is 1120. The van der Waals surface area contributed by atoms with E-state index in [-0.39, 0.29) is 5.69 Å². The summed E-state index contributed by atoms with van der Waals surface area (Å²) < 4.78 is 6.30. The fourth-order valence-electron chi connectivity index (χ4n) is 2.66. The highest BCUT2D eigenvalue weighted by Crippen LogP contribution is 2.31. The molecule has 1 aromatic heterocycles. The molecule has 2 N–H and O–H groups in total. The zero-order chi connectivity index (χ0) is 20.4. The Morgan fingerprint density at radius 3 is 2.64 bits per heavy atom. The Morgan fingerprint density at radius 1 is 1.21 bits per heavy atom. The minimum absolute atomic E-state index is 0.296. The van der Waals surface area contributed by atoms with E-state index >= 15 is 0 Å². The van der Waals surface area contributed by atoms with Gasteiger partial charge < -0.3 is 15.2 Å². The van der Waals surface area contributed by atoms with Crippen molar-refractivity contribution in [2.75, 3.05) is 12.4 Å². The van der Waals surface area contributed by atoms with Crippen LogP contribution in [0.5, 0.6) is 11.5 Å². The number of aromatic hydroxyl groups is 1. The zero-order valence-corrected chi connectivity index (χ0v) is 16.2. The minimum atomic E-state index is -0.695. The van der Waals surface area contributed by atoms with Gasteiger partial charge in [-0.1, -0.05) is 23.7 Å². The molecule has 1 heterocycles. The van der Waals surface area contributed by atoms with Gasteiger partial charge >= 0.3 is 0 Å². The number of amides is 1. The van der Waals surface area contributed by atoms with Crippen LogP contribution in [0.1, 0.15) is 21.6 Å². The number of rotatable bonds is 4. The second-order valence-corrected chi connectivity index (χ2v) is 6.63. The first kappa shape index (κ1) is 19.4. The van der Waals surface area contributed by atoms with E-state index in [0.29, 0.717) is 22.1 Å². The van der Waals surface area contributed by atoms with Crippen molar-refractivity contribution in [1.82, 2.24) is 9.78 Å². The molecule has 0 fully saturated rings. The van der Waals surface area contributed by atoms with Crippen LogP contribution in [0.25, 0.3) is 5.69 Å². The van der Waals surface area contributed by atoms with Crippen molar-refractivity contribution >= 4 is 23.2 Å². The van der Waals surface area contributed by atoms with Crippen LogP contribution in [0.2, 0.25) is 5.02 Å². The van der Waals surface area contributed by atoms with E-state index in [1.165, 1.54) is 7.11 Å². The van der Waals surface area contributed by atoms with Gasteiger partial charge in [-0.2, -0.15) is 9.78 Å². The van der Waals surface area contributed by atoms with Crippen molar-refractivity contribution in [3.63, 3.8) is 0 Å². The van der Waals surface area contributed by atoms with Gasteiger partial charge in [0.1, 0.15) is 5.75 Å². The predicted octanol–water partition coefficient (Wildman–Crippen LogP) is 3.47. The molecule has 7 nitrogen and oxygen atoms in total. The number of carbonyl (C=O) groups excluding carboxylic acids is 1. The average molecular weight is 400 g/mol. The van der Waals surface area contributed by atoms with E-state index < -0.39 is 17.2 Å². The van der Waals surface area contributed by atoms with Crippen LogP contribution < -0.4 is 15.6 Å². The molecule has 144 valence electrons. The monoisotopic (exact) mass is 399 g/mol. The van der Waals surface area contributed by atoms with Gasteiger partial charge in [0.25, 0.3) is 11.5 Å². The third-order valence-corrected chi connectivity index (χ3v) is 4.51. The molecular weight excluding hydrogens is 382 g/mol. The molecule has 3 aromatic rings. The van der Waals surface area contributed by atoms with Gasteiger partial charge in [0, 0.05) is 17.2 Å². The lowest BCUT2D eigenvalue weighted by Gasteiger charge is -2.13. The number of halogens is 1. The van der Waals surface area contributed by atoms with E-state index in [9.17, 15) is 14.7 Å². The molecular formula is C20H18ClN3O4. The van der Waals surface area contributed by atoms with Crippen LogP contribution in [0.4, 0.5) is 5.69 Å². The van der Waals surface area contributed by atoms with E-state index in [0.717, 1.165) is 21.9 Å². The molecule has 0 saturated carbocycles. The van der Waals surface area contributed by atoms with Crippen molar-refractivity contribution in [3.8, 4) is 17.2 Å². The number of benzene rings is 2. The highest BCUT2D eigenvalue weighted by Gasteiger charge is 2.19. The number of carbonyl (C=O) groups is 1. The van der Waals surface area contributed by atoms with E-state index in [4.69, 9.17) is 16.3 Å². The Labute approximate surface area is 166 Å². The van der Waals surface area contributed by atoms with Crippen molar-refractivity contribution in [2.45, 2.75) is 13.8 Å². The van der Waals surface area contributed by atoms with Crippen LogP contribution in [0.15, 0.2) is 47.3 Å². The molecule has 28 heavy (non-hydrogen) atoms. The van der Waals surface area contributed by atoms with Crippen LogP contribution in [-0.4, -0.2) is 27.9 Å². The minimum Gasteiger partial charge on any atom is -0.505 e. The summed E-state index contributed by atoms with van der Waals surface area (Å²) in [5.41, 5.74) is 1.66. The summed E-state index contributed by atoms with van der Waals surface area (Å²) in [7, 11) is 1.45. The molecule has 1 amide bonds.